The van der Waals surface area contributed by atoms with E-state index < -0.39 is 0 Å². The Balaban J connectivity index is 1.54. The molecule has 0 atom stereocenters. The van der Waals surface area contributed by atoms with E-state index in [1.165, 1.54) is 4.90 Å². The van der Waals surface area contributed by atoms with Gasteiger partial charge < -0.3 is 11.1 Å². The second-order valence-corrected chi connectivity index (χ2v) is 6.11. The molecule has 0 unspecified atom stereocenters. The highest BCUT2D eigenvalue weighted by molar-refractivity contribution is 6.34. The lowest BCUT2D eigenvalue weighted by atomic mass is 10.1. The quantitative estimate of drug-likeness (QED) is 0.635. The van der Waals surface area contributed by atoms with Crippen molar-refractivity contribution in [1.82, 2.24) is 4.90 Å². The Morgan fingerprint density at radius 2 is 1.72 bits per heavy atom. The maximum atomic E-state index is 12.2. The second-order valence-electron chi connectivity index (χ2n) is 5.70. The first-order valence-corrected chi connectivity index (χ1v) is 8.15. The summed E-state index contributed by atoms with van der Waals surface area (Å²) in [6.45, 7) is 0.190. The maximum absolute atomic E-state index is 12.2. The predicted octanol–water partition coefficient (Wildman–Crippen LogP) is 2.94. The van der Waals surface area contributed by atoms with Crippen LogP contribution in [-0.2, 0) is 4.79 Å². The molecule has 0 radical (unpaired) electrons. The normalized spacial score (nSPS) is 13.1. The number of fused-ring (bicyclic) bond motifs is 1. The molecule has 3 rings (SSSR count). The summed E-state index contributed by atoms with van der Waals surface area (Å²) in [6, 6.07) is 11.5. The highest BCUT2D eigenvalue weighted by Crippen LogP contribution is 2.25. The third kappa shape index (κ3) is 3.49. The van der Waals surface area contributed by atoms with Crippen LogP contribution in [0.4, 0.5) is 11.4 Å². The average Bonchev–Trinajstić information content (AvgIpc) is 2.83. The van der Waals surface area contributed by atoms with Crippen molar-refractivity contribution < 1.29 is 14.4 Å². The molecule has 1 heterocycles. The summed E-state index contributed by atoms with van der Waals surface area (Å²) in [5, 5.41) is 3.04. The van der Waals surface area contributed by atoms with Gasteiger partial charge in [0, 0.05) is 18.7 Å². The van der Waals surface area contributed by atoms with Gasteiger partial charge in [0.1, 0.15) is 0 Å². The largest absolute Gasteiger partial charge is 0.399 e. The lowest BCUT2D eigenvalue weighted by Gasteiger charge is -2.13. The number of carbonyl (C=O) groups excluding carboxylic acids is 3. The van der Waals surface area contributed by atoms with Crippen LogP contribution in [0.3, 0.4) is 0 Å². The van der Waals surface area contributed by atoms with Gasteiger partial charge >= 0.3 is 0 Å². The van der Waals surface area contributed by atoms with Crippen molar-refractivity contribution >= 4 is 40.7 Å². The Labute approximate surface area is 149 Å². The van der Waals surface area contributed by atoms with E-state index in [2.05, 4.69) is 5.32 Å². The number of hydrogen-bond donors (Lipinski definition) is 2. The number of imide groups is 1. The number of amides is 3. The summed E-state index contributed by atoms with van der Waals surface area (Å²) < 4.78 is 0. The molecule has 7 heteroatoms. The maximum Gasteiger partial charge on any atom is 0.261 e. The molecule has 2 aromatic carbocycles. The van der Waals surface area contributed by atoms with E-state index in [0.29, 0.717) is 33.9 Å². The van der Waals surface area contributed by atoms with Crippen LogP contribution < -0.4 is 11.1 Å². The minimum absolute atomic E-state index is 0.161. The van der Waals surface area contributed by atoms with E-state index >= 15 is 0 Å². The fraction of sp³-hybridized carbons (Fsp3) is 0.167. The molecule has 1 aliphatic rings. The Kier molecular flexibility index (Phi) is 4.72. The molecule has 1 aliphatic heterocycles. The van der Waals surface area contributed by atoms with Crippen molar-refractivity contribution in [2.45, 2.75) is 12.8 Å². The molecule has 3 N–H and O–H groups in total. The van der Waals surface area contributed by atoms with Gasteiger partial charge in [0.05, 0.1) is 21.8 Å². The van der Waals surface area contributed by atoms with E-state index in [1.54, 1.807) is 42.5 Å². The first kappa shape index (κ1) is 17.0. The molecule has 25 heavy (non-hydrogen) atoms. The lowest BCUT2D eigenvalue weighted by Crippen LogP contribution is -2.31. The molecule has 0 fully saturated rings. The summed E-state index contributed by atoms with van der Waals surface area (Å²) in [5.41, 5.74) is 7.40. The Hall–Kier alpha value is -2.86. The van der Waals surface area contributed by atoms with Gasteiger partial charge in [0.15, 0.2) is 0 Å². The summed E-state index contributed by atoms with van der Waals surface area (Å²) in [7, 11) is 0. The van der Waals surface area contributed by atoms with Gasteiger partial charge in [-0.2, -0.15) is 0 Å². The van der Waals surface area contributed by atoms with E-state index in [1.807, 2.05) is 0 Å². The Morgan fingerprint density at radius 3 is 2.32 bits per heavy atom. The minimum atomic E-state index is -0.317. The molecule has 6 nitrogen and oxygen atoms in total. The number of halogens is 1. The molecule has 0 aliphatic carbocycles. The number of nitrogens with zero attached hydrogens (tertiary/aromatic N) is 1. The number of benzene rings is 2. The molecular weight excluding hydrogens is 342 g/mol. The van der Waals surface area contributed by atoms with Gasteiger partial charge in [-0.1, -0.05) is 23.7 Å². The van der Waals surface area contributed by atoms with Gasteiger partial charge in [0.25, 0.3) is 11.8 Å². The number of nitrogens with two attached hydrogens (primary N) is 1. The van der Waals surface area contributed by atoms with Crippen LogP contribution in [0, 0.1) is 0 Å². The fourth-order valence-electron chi connectivity index (χ4n) is 2.69. The summed E-state index contributed by atoms with van der Waals surface area (Å²) in [6.07, 6.45) is 0.526. The van der Waals surface area contributed by atoms with Gasteiger partial charge in [-0.25, -0.2) is 0 Å². The Morgan fingerprint density at radius 1 is 1.08 bits per heavy atom. The third-order valence-corrected chi connectivity index (χ3v) is 4.24. The number of anilines is 2. The van der Waals surface area contributed by atoms with Gasteiger partial charge in [-0.05, 0) is 36.8 Å². The van der Waals surface area contributed by atoms with Crippen LogP contribution >= 0.6 is 11.6 Å². The average molecular weight is 358 g/mol. The van der Waals surface area contributed by atoms with Crippen LogP contribution in [0.5, 0.6) is 0 Å². The van der Waals surface area contributed by atoms with E-state index in [-0.39, 0.29) is 30.7 Å². The van der Waals surface area contributed by atoms with E-state index in [9.17, 15) is 14.4 Å². The molecule has 0 saturated carbocycles. The summed E-state index contributed by atoms with van der Waals surface area (Å²) >= 11 is 6.01. The minimum Gasteiger partial charge on any atom is -0.399 e. The first-order chi connectivity index (χ1) is 12.0. The van der Waals surface area contributed by atoms with Crippen molar-refractivity contribution in [2.75, 3.05) is 17.6 Å². The van der Waals surface area contributed by atoms with Crippen molar-refractivity contribution in [3.8, 4) is 0 Å². The van der Waals surface area contributed by atoms with Crippen LogP contribution in [0.15, 0.2) is 42.5 Å². The SMILES string of the molecule is Nc1ccc(NC(=O)CCCN2C(=O)c3ccccc3C2=O)c(Cl)c1. The van der Waals surface area contributed by atoms with Crippen molar-refractivity contribution in [1.29, 1.82) is 0 Å². The van der Waals surface area contributed by atoms with E-state index in [0.717, 1.165) is 0 Å². The standard InChI is InChI=1S/C18H16ClN3O3/c19-14-10-11(20)7-8-15(14)21-16(23)6-3-9-22-17(24)12-4-1-2-5-13(12)18(22)25/h1-2,4-5,7-8,10H,3,6,9,20H2,(H,21,23). The number of rotatable bonds is 5. The van der Waals surface area contributed by atoms with Gasteiger partial charge in [-0.3, -0.25) is 19.3 Å². The number of nitrogens with one attached hydrogen (secondary N) is 1. The van der Waals surface area contributed by atoms with Crippen LogP contribution in [0.1, 0.15) is 33.6 Å². The monoisotopic (exact) mass is 357 g/mol. The van der Waals surface area contributed by atoms with Crippen LogP contribution in [0.25, 0.3) is 0 Å². The predicted molar refractivity (Wildman–Crippen MR) is 95.5 cm³/mol. The first-order valence-electron chi connectivity index (χ1n) is 7.77. The van der Waals surface area contributed by atoms with Crippen molar-refractivity contribution in [3.63, 3.8) is 0 Å². The van der Waals surface area contributed by atoms with Crippen LogP contribution in [-0.4, -0.2) is 29.2 Å². The van der Waals surface area contributed by atoms with Crippen molar-refractivity contribution in [2.24, 2.45) is 0 Å². The highest BCUT2D eigenvalue weighted by Gasteiger charge is 2.34. The second kappa shape index (κ2) is 6.94. The molecular formula is C18H16ClN3O3. The zero-order chi connectivity index (χ0) is 18.0. The molecule has 0 spiro atoms. The Bertz CT molecular complexity index is 831. The third-order valence-electron chi connectivity index (χ3n) is 3.93. The molecule has 2 aromatic rings. The van der Waals surface area contributed by atoms with Gasteiger partial charge in [-0.15, -0.1) is 0 Å². The highest BCUT2D eigenvalue weighted by atomic mass is 35.5. The zero-order valence-electron chi connectivity index (χ0n) is 13.3. The summed E-state index contributed by atoms with van der Waals surface area (Å²) in [4.78, 5) is 37.6. The molecule has 0 aromatic heterocycles. The molecule has 3 amide bonds. The number of hydrogen-bond acceptors (Lipinski definition) is 4. The smallest absolute Gasteiger partial charge is 0.261 e. The van der Waals surface area contributed by atoms with Gasteiger partial charge in [0.2, 0.25) is 5.91 Å². The zero-order valence-corrected chi connectivity index (χ0v) is 14.0. The molecule has 0 saturated heterocycles. The molecule has 128 valence electrons. The number of nitrogen functional groups attached to an aromatic ring is 1. The van der Waals surface area contributed by atoms with Crippen LogP contribution in [0.2, 0.25) is 5.02 Å². The lowest BCUT2D eigenvalue weighted by molar-refractivity contribution is -0.116. The summed E-state index contributed by atoms with van der Waals surface area (Å²) in [5.74, 6) is -0.881. The number of carbonyl (C=O) groups is 3. The topological polar surface area (TPSA) is 92.5 Å². The van der Waals surface area contributed by atoms with Crippen molar-refractivity contribution in [3.05, 3.63) is 58.6 Å². The molecule has 0 bridgehead atoms. The van der Waals surface area contributed by atoms with E-state index in [4.69, 9.17) is 17.3 Å². The fourth-order valence-corrected chi connectivity index (χ4v) is 2.92.